The van der Waals surface area contributed by atoms with Crippen molar-refractivity contribution in [3.05, 3.63) is 64.1 Å². The van der Waals surface area contributed by atoms with Gasteiger partial charge < -0.3 is 19.1 Å². The lowest BCUT2D eigenvalue weighted by molar-refractivity contribution is -0.306. The molecule has 0 amide bonds. The topological polar surface area (TPSA) is 79.6 Å². The van der Waals surface area contributed by atoms with Crippen LogP contribution >= 0.6 is 0 Å². The van der Waals surface area contributed by atoms with E-state index in [0.29, 0.717) is 24.4 Å². The molecule has 1 aliphatic carbocycles. The number of hydrogen-bond acceptors (Lipinski definition) is 5. The lowest BCUT2D eigenvalue weighted by atomic mass is 9.60. The number of carbonyl (C=O) groups excluding carboxylic acids is 1. The Balaban J connectivity index is 1.88. The Morgan fingerprint density at radius 3 is 2.76 bits per heavy atom. The van der Waals surface area contributed by atoms with Gasteiger partial charge in [-0.15, -0.1) is 0 Å². The molecule has 0 N–H and O–H groups in total. The van der Waals surface area contributed by atoms with E-state index in [1.54, 1.807) is 12.1 Å². The van der Waals surface area contributed by atoms with E-state index in [1.807, 2.05) is 19.1 Å². The molecule has 154 valence electrons. The average molecular weight is 395 g/mol. The van der Waals surface area contributed by atoms with Gasteiger partial charge in [-0.2, -0.15) is 0 Å². The summed E-state index contributed by atoms with van der Waals surface area (Å²) in [6.45, 7) is 10.7. The molecule has 0 saturated carbocycles. The fourth-order valence-corrected chi connectivity index (χ4v) is 4.58. The minimum absolute atomic E-state index is 0.00179. The minimum Gasteiger partial charge on any atom is -0.550 e. The molecule has 0 saturated heterocycles. The predicted octanol–water partition coefficient (Wildman–Crippen LogP) is 4.01. The Hall–Kier alpha value is -2.82. The third kappa shape index (κ3) is 4.44. The van der Waals surface area contributed by atoms with Crippen molar-refractivity contribution in [3.8, 4) is 5.75 Å². The fraction of sp³-hybridized carbons (Fsp3) is 0.417. The second kappa shape index (κ2) is 8.27. The number of carbonyl (C=O) groups is 1. The largest absolute Gasteiger partial charge is 0.550 e. The number of carboxylic acid groups (broad SMARTS) is 1. The van der Waals surface area contributed by atoms with Crippen molar-refractivity contribution in [2.24, 2.45) is 11.3 Å². The van der Waals surface area contributed by atoms with Crippen LogP contribution in [-0.2, 0) is 4.79 Å². The van der Waals surface area contributed by atoms with Gasteiger partial charge in [0.1, 0.15) is 17.9 Å². The van der Waals surface area contributed by atoms with Crippen LogP contribution in [0.2, 0.25) is 0 Å². The van der Waals surface area contributed by atoms with Crippen LogP contribution in [-0.4, -0.2) is 12.6 Å². The van der Waals surface area contributed by atoms with Gasteiger partial charge in [-0.05, 0) is 74.6 Å². The highest BCUT2D eigenvalue weighted by Crippen LogP contribution is 2.50. The molecule has 0 radical (unpaired) electrons. The van der Waals surface area contributed by atoms with Crippen molar-refractivity contribution >= 4 is 16.9 Å². The molecule has 0 unspecified atom stereocenters. The molecule has 5 nitrogen and oxygen atoms in total. The summed E-state index contributed by atoms with van der Waals surface area (Å²) in [5, 5.41) is 12.0. The highest BCUT2D eigenvalue weighted by atomic mass is 16.5. The van der Waals surface area contributed by atoms with Gasteiger partial charge in [0.25, 0.3) is 0 Å². The first kappa shape index (κ1) is 20.9. The number of fused-ring (bicyclic) bond motifs is 1. The Morgan fingerprint density at radius 2 is 2.07 bits per heavy atom. The van der Waals surface area contributed by atoms with E-state index in [-0.39, 0.29) is 17.8 Å². The van der Waals surface area contributed by atoms with E-state index in [9.17, 15) is 14.7 Å². The Bertz CT molecular complexity index is 1030. The highest BCUT2D eigenvalue weighted by molar-refractivity contribution is 5.77. The first-order valence-electron chi connectivity index (χ1n) is 9.92. The van der Waals surface area contributed by atoms with E-state index in [1.165, 1.54) is 11.6 Å². The van der Waals surface area contributed by atoms with Gasteiger partial charge in [0.2, 0.25) is 0 Å². The molecular formula is C24H27O5-. The summed E-state index contributed by atoms with van der Waals surface area (Å²) in [5.74, 6) is -0.245. The molecule has 1 heterocycles. The van der Waals surface area contributed by atoms with Crippen LogP contribution in [0.15, 0.2) is 62.8 Å². The Kier molecular flexibility index (Phi) is 5.96. The molecule has 29 heavy (non-hydrogen) atoms. The molecule has 1 aliphatic rings. The van der Waals surface area contributed by atoms with Crippen LogP contribution < -0.4 is 15.5 Å². The molecule has 0 fully saturated rings. The van der Waals surface area contributed by atoms with E-state index >= 15 is 0 Å². The van der Waals surface area contributed by atoms with Crippen molar-refractivity contribution in [1.82, 2.24) is 0 Å². The summed E-state index contributed by atoms with van der Waals surface area (Å²) in [4.78, 5) is 22.6. The zero-order chi connectivity index (χ0) is 21.2. The van der Waals surface area contributed by atoms with Gasteiger partial charge in [0, 0.05) is 23.5 Å². The number of hydrogen-bond donors (Lipinski definition) is 0. The summed E-state index contributed by atoms with van der Waals surface area (Å²) in [7, 11) is 0. The van der Waals surface area contributed by atoms with Crippen LogP contribution in [0.4, 0.5) is 0 Å². The minimum atomic E-state index is -1.04. The number of ether oxygens (including phenoxy) is 1. The zero-order valence-electron chi connectivity index (χ0n) is 17.2. The van der Waals surface area contributed by atoms with Crippen LogP contribution in [0.5, 0.6) is 5.75 Å². The molecule has 0 spiro atoms. The monoisotopic (exact) mass is 395 g/mol. The standard InChI is InChI=1S/C24H28O5/c1-15(2)19-9-5-16(3)20(24(19,4)12-11-22(25)26)14-28-18-8-6-17-7-10-23(27)29-21(17)13-18/h6-8,10,13,19H,1,5,9,11-12,14H2,2-4H3,(H,25,26)/p-1/t19-,24+/m1/s1. The summed E-state index contributed by atoms with van der Waals surface area (Å²) in [6, 6.07) is 8.51. The summed E-state index contributed by atoms with van der Waals surface area (Å²) >= 11 is 0. The van der Waals surface area contributed by atoms with E-state index in [4.69, 9.17) is 9.15 Å². The molecule has 2 aromatic rings. The van der Waals surface area contributed by atoms with Crippen molar-refractivity contribution in [2.75, 3.05) is 6.61 Å². The van der Waals surface area contributed by atoms with Crippen LogP contribution in [0, 0.1) is 11.3 Å². The Labute approximate surface area is 170 Å². The fourth-order valence-electron chi connectivity index (χ4n) is 4.58. The SMILES string of the molecule is C=C(C)[C@H]1CCC(C)=C(COc2ccc3ccc(=O)oc3c2)[C@@]1(C)CCC(=O)[O-]. The van der Waals surface area contributed by atoms with Gasteiger partial charge in [-0.25, -0.2) is 4.79 Å². The smallest absolute Gasteiger partial charge is 0.336 e. The quantitative estimate of drug-likeness (QED) is 0.523. The van der Waals surface area contributed by atoms with Crippen LogP contribution in [0.1, 0.15) is 46.5 Å². The average Bonchev–Trinajstić information content (AvgIpc) is 2.65. The summed E-state index contributed by atoms with van der Waals surface area (Å²) in [5.41, 5.74) is 3.13. The number of rotatable bonds is 7. The molecule has 0 bridgehead atoms. The number of aliphatic carboxylic acids is 1. The summed E-state index contributed by atoms with van der Waals surface area (Å²) in [6.07, 6.45) is 2.37. The molecule has 2 atom stereocenters. The number of carboxylic acids is 1. The van der Waals surface area contributed by atoms with Crippen LogP contribution in [0.3, 0.4) is 0 Å². The maximum Gasteiger partial charge on any atom is 0.336 e. The number of benzene rings is 1. The first-order chi connectivity index (χ1) is 13.7. The van der Waals surface area contributed by atoms with Gasteiger partial charge in [-0.1, -0.05) is 24.6 Å². The van der Waals surface area contributed by atoms with Gasteiger partial charge in [0.05, 0.1) is 0 Å². The first-order valence-corrected chi connectivity index (χ1v) is 9.92. The summed E-state index contributed by atoms with van der Waals surface area (Å²) < 4.78 is 11.3. The third-order valence-corrected chi connectivity index (χ3v) is 6.20. The van der Waals surface area contributed by atoms with Gasteiger partial charge in [0.15, 0.2) is 0 Å². The normalized spacial score (nSPS) is 22.0. The maximum atomic E-state index is 11.5. The zero-order valence-corrected chi connectivity index (χ0v) is 17.2. The van der Waals surface area contributed by atoms with Crippen molar-refractivity contribution in [3.63, 3.8) is 0 Å². The second-order valence-corrected chi connectivity index (χ2v) is 8.23. The molecule has 3 rings (SSSR count). The van der Waals surface area contributed by atoms with Gasteiger partial charge >= 0.3 is 5.63 Å². The molecule has 1 aromatic carbocycles. The van der Waals surface area contributed by atoms with Crippen molar-refractivity contribution in [2.45, 2.75) is 46.5 Å². The third-order valence-electron chi connectivity index (χ3n) is 6.20. The molecule has 1 aromatic heterocycles. The van der Waals surface area contributed by atoms with E-state index < -0.39 is 11.6 Å². The molecule has 5 heteroatoms. The lowest BCUT2D eigenvalue weighted by Crippen LogP contribution is -2.38. The maximum absolute atomic E-state index is 11.5. The van der Waals surface area contributed by atoms with Gasteiger partial charge in [-0.3, -0.25) is 0 Å². The number of allylic oxidation sites excluding steroid dienone is 2. The van der Waals surface area contributed by atoms with Crippen molar-refractivity contribution < 1.29 is 19.1 Å². The van der Waals surface area contributed by atoms with E-state index in [0.717, 1.165) is 29.4 Å². The van der Waals surface area contributed by atoms with E-state index in [2.05, 4.69) is 20.4 Å². The Morgan fingerprint density at radius 1 is 1.34 bits per heavy atom. The second-order valence-electron chi connectivity index (χ2n) is 8.23. The highest BCUT2D eigenvalue weighted by Gasteiger charge is 2.41. The predicted molar refractivity (Wildman–Crippen MR) is 111 cm³/mol. The van der Waals surface area contributed by atoms with Crippen molar-refractivity contribution in [1.29, 1.82) is 0 Å². The van der Waals surface area contributed by atoms with Crippen LogP contribution in [0.25, 0.3) is 11.0 Å². The molecule has 0 aliphatic heterocycles. The lowest BCUT2D eigenvalue weighted by Gasteiger charge is -2.45. The molecular weight excluding hydrogens is 368 g/mol.